The fourth-order valence-corrected chi connectivity index (χ4v) is 2.72. The molecule has 19 heavy (non-hydrogen) atoms. The maximum atomic E-state index is 13.8. The molecule has 0 heterocycles. The standard InChI is InChI=1S/C13H7Br2ClF2O/c14-7-2-1-3-10(17)12(7)13(19)6-4-9(16)8(15)5-11(6)18/h1-5,13,19H. The van der Waals surface area contributed by atoms with Crippen LogP contribution in [0.5, 0.6) is 0 Å². The number of aliphatic hydroxyl groups excluding tert-OH is 1. The van der Waals surface area contributed by atoms with Crippen molar-refractivity contribution in [3.05, 3.63) is 67.1 Å². The van der Waals surface area contributed by atoms with Crippen LogP contribution in [0.15, 0.2) is 39.3 Å². The van der Waals surface area contributed by atoms with Crippen molar-refractivity contribution < 1.29 is 13.9 Å². The summed E-state index contributed by atoms with van der Waals surface area (Å²) in [5.41, 5.74) is -0.112. The van der Waals surface area contributed by atoms with E-state index < -0.39 is 17.7 Å². The second-order valence-electron chi connectivity index (χ2n) is 3.83. The number of benzene rings is 2. The first kappa shape index (κ1) is 14.9. The predicted octanol–water partition coefficient (Wildman–Crippen LogP) is 5.22. The second-order valence-corrected chi connectivity index (χ2v) is 5.94. The molecule has 0 fully saturated rings. The van der Waals surface area contributed by atoms with Crippen LogP contribution in [0.25, 0.3) is 0 Å². The molecule has 1 unspecified atom stereocenters. The molecule has 0 bridgehead atoms. The van der Waals surface area contributed by atoms with Crippen molar-refractivity contribution in [2.45, 2.75) is 6.10 Å². The molecule has 2 aromatic carbocycles. The van der Waals surface area contributed by atoms with Gasteiger partial charge in [-0.05, 0) is 40.2 Å². The Bertz CT molecular complexity index is 614. The van der Waals surface area contributed by atoms with E-state index in [-0.39, 0.29) is 16.1 Å². The van der Waals surface area contributed by atoms with Gasteiger partial charge in [0.25, 0.3) is 0 Å². The molecule has 0 aromatic heterocycles. The fraction of sp³-hybridized carbons (Fsp3) is 0.0769. The van der Waals surface area contributed by atoms with Crippen molar-refractivity contribution in [3.8, 4) is 0 Å². The van der Waals surface area contributed by atoms with Gasteiger partial charge in [-0.2, -0.15) is 0 Å². The maximum Gasteiger partial charge on any atom is 0.130 e. The molecule has 0 aliphatic heterocycles. The Hall–Kier alpha value is -0.490. The third kappa shape index (κ3) is 2.99. The van der Waals surface area contributed by atoms with Crippen LogP contribution in [0.1, 0.15) is 17.2 Å². The van der Waals surface area contributed by atoms with Crippen molar-refractivity contribution in [1.82, 2.24) is 0 Å². The third-order valence-corrected chi connectivity index (χ3v) is 4.50. The SMILES string of the molecule is OC(c1cc(Cl)c(Br)cc1F)c1c(F)cccc1Br. The van der Waals surface area contributed by atoms with Gasteiger partial charge in [-0.25, -0.2) is 8.78 Å². The highest BCUT2D eigenvalue weighted by molar-refractivity contribution is 9.10. The van der Waals surface area contributed by atoms with Crippen LogP contribution in [0, 0.1) is 11.6 Å². The molecule has 0 aliphatic carbocycles. The highest BCUT2D eigenvalue weighted by Gasteiger charge is 2.22. The number of halogens is 5. The van der Waals surface area contributed by atoms with Crippen LogP contribution in [0.2, 0.25) is 5.02 Å². The van der Waals surface area contributed by atoms with Gasteiger partial charge >= 0.3 is 0 Å². The number of hydrogen-bond acceptors (Lipinski definition) is 1. The van der Waals surface area contributed by atoms with Gasteiger partial charge in [-0.1, -0.05) is 33.6 Å². The minimum atomic E-state index is -1.44. The lowest BCUT2D eigenvalue weighted by atomic mass is 10.0. The Labute approximate surface area is 130 Å². The first-order chi connectivity index (χ1) is 8.91. The first-order valence-corrected chi connectivity index (χ1v) is 7.14. The Kier molecular flexibility index (Phi) is 4.61. The number of rotatable bonds is 2. The molecule has 1 N–H and O–H groups in total. The van der Waals surface area contributed by atoms with Gasteiger partial charge in [0.05, 0.1) is 5.02 Å². The van der Waals surface area contributed by atoms with Crippen LogP contribution < -0.4 is 0 Å². The molecule has 6 heteroatoms. The normalized spacial score (nSPS) is 12.5. The van der Waals surface area contributed by atoms with Crippen molar-refractivity contribution in [2.75, 3.05) is 0 Å². The summed E-state index contributed by atoms with van der Waals surface area (Å²) in [6.45, 7) is 0. The van der Waals surface area contributed by atoms with E-state index in [1.807, 2.05) is 0 Å². The van der Waals surface area contributed by atoms with Gasteiger partial charge in [0.2, 0.25) is 0 Å². The highest BCUT2D eigenvalue weighted by atomic mass is 79.9. The minimum absolute atomic E-state index is 0.0280. The summed E-state index contributed by atoms with van der Waals surface area (Å²) in [5.74, 6) is -1.29. The van der Waals surface area contributed by atoms with Crippen LogP contribution in [0.4, 0.5) is 8.78 Å². The van der Waals surface area contributed by atoms with E-state index in [0.29, 0.717) is 8.95 Å². The summed E-state index contributed by atoms with van der Waals surface area (Å²) < 4.78 is 28.3. The average Bonchev–Trinajstić information content (AvgIpc) is 2.33. The zero-order valence-electron chi connectivity index (χ0n) is 9.30. The van der Waals surface area contributed by atoms with Gasteiger partial charge in [0.1, 0.15) is 17.7 Å². The van der Waals surface area contributed by atoms with E-state index in [2.05, 4.69) is 31.9 Å². The summed E-state index contributed by atoms with van der Waals surface area (Å²) in [5, 5.41) is 10.4. The van der Waals surface area contributed by atoms with Crippen LogP contribution in [-0.2, 0) is 0 Å². The number of hydrogen-bond donors (Lipinski definition) is 1. The van der Waals surface area contributed by atoms with Crippen LogP contribution in [-0.4, -0.2) is 5.11 Å². The lowest BCUT2D eigenvalue weighted by Gasteiger charge is -2.15. The zero-order valence-corrected chi connectivity index (χ0v) is 13.2. The fourth-order valence-electron chi connectivity index (χ4n) is 1.67. The van der Waals surface area contributed by atoms with Gasteiger partial charge in [0.15, 0.2) is 0 Å². The van der Waals surface area contributed by atoms with Crippen LogP contribution >= 0.6 is 43.5 Å². The lowest BCUT2D eigenvalue weighted by molar-refractivity contribution is 0.209. The Morgan fingerprint density at radius 2 is 1.74 bits per heavy atom. The molecule has 1 nitrogen and oxygen atoms in total. The van der Waals surface area contributed by atoms with Gasteiger partial charge in [-0.15, -0.1) is 0 Å². The van der Waals surface area contributed by atoms with Crippen molar-refractivity contribution >= 4 is 43.5 Å². The third-order valence-electron chi connectivity index (χ3n) is 2.61. The topological polar surface area (TPSA) is 20.2 Å². The quantitative estimate of drug-likeness (QED) is 0.670. The van der Waals surface area contributed by atoms with Gasteiger partial charge < -0.3 is 5.11 Å². The van der Waals surface area contributed by atoms with Gasteiger partial charge in [-0.3, -0.25) is 0 Å². The Morgan fingerprint density at radius 3 is 2.37 bits per heavy atom. The summed E-state index contributed by atoms with van der Waals surface area (Å²) in [4.78, 5) is 0. The molecule has 0 radical (unpaired) electrons. The summed E-state index contributed by atoms with van der Waals surface area (Å²) >= 11 is 12.1. The molecule has 2 aromatic rings. The van der Waals surface area contributed by atoms with E-state index in [1.54, 1.807) is 6.07 Å². The molecule has 0 aliphatic rings. The van der Waals surface area contributed by atoms with E-state index in [0.717, 1.165) is 6.07 Å². The van der Waals surface area contributed by atoms with E-state index in [4.69, 9.17) is 11.6 Å². The van der Waals surface area contributed by atoms with E-state index in [9.17, 15) is 13.9 Å². The molecular formula is C13H7Br2ClF2O. The smallest absolute Gasteiger partial charge is 0.130 e. The van der Waals surface area contributed by atoms with Crippen molar-refractivity contribution in [1.29, 1.82) is 0 Å². The first-order valence-electron chi connectivity index (χ1n) is 5.18. The minimum Gasteiger partial charge on any atom is -0.383 e. The van der Waals surface area contributed by atoms with Crippen molar-refractivity contribution in [2.24, 2.45) is 0 Å². The van der Waals surface area contributed by atoms with E-state index in [1.165, 1.54) is 18.2 Å². The molecule has 0 spiro atoms. The Balaban J connectivity index is 2.56. The van der Waals surface area contributed by atoms with Crippen molar-refractivity contribution in [3.63, 3.8) is 0 Å². The Morgan fingerprint density at radius 1 is 1.05 bits per heavy atom. The van der Waals surface area contributed by atoms with Crippen LogP contribution in [0.3, 0.4) is 0 Å². The van der Waals surface area contributed by atoms with Gasteiger partial charge in [0, 0.05) is 20.1 Å². The lowest BCUT2D eigenvalue weighted by Crippen LogP contribution is -2.06. The largest absolute Gasteiger partial charge is 0.383 e. The summed E-state index contributed by atoms with van der Waals surface area (Å²) in [6.07, 6.45) is -1.44. The molecule has 2 rings (SSSR count). The highest BCUT2D eigenvalue weighted by Crippen LogP contribution is 2.35. The average molecular weight is 412 g/mol. The number of aliphatic hydroxyl groups is 1. The second kappa shape index (κ2) is 5.87. The molecule has 100 valence electrons. The zero-order chi connectivity index (χ0) is 14.2. The predicted molar refractivity (Wildman–Crippen MR) is 77.3 cm³/mol. The molecule has 1 atom stereocenters. The molecule has 0 saturated carbocycles. The maximum absolute atomic E-state index is 13.8. The monoisotopic (exact) mass is 410 g/mol. The van der Waals surface area contributed by atoms with E-state index >= 15 is 0 Å². The molecule has 0 amide bonds. The molecule has 0 saturated heterocycles. The molecular weight excluding hydrogens is 405 g/mol. The summed E-state index contributed by atoms with van der Waals surface area (Å²) in [7, 11) is 0. The summed E-state index contributed by atoms with van der Waals surface area (Å²) in [6, 6.07) is 6.66.